The maximum atomic E-state index is 12.1. The predicted octanol–water partition coefficient (Wildman–Crippen LogP) is 2.11. The molecule has 0 aliphatic carbocycles. The van der Waals surface area contributed by atoms with Crippen molar-refractivity contribution in [2.75, 3.05) is 14.2 Å². The van der Waals surface area contributed by atoms with Gasteiger partial charge in [-0.3, -0.25) is 14.9 Å². The van der Waals surface area contributed by atoms with Crippen LogP contribution in [0.4, 0.5) is 5.69 Å². The van der Waals surface area contributed by atoms with Crippen LogP contribution in [0.2, 0.25) is 0 Å². The van der Waals surface area contributed by atoms with Gasteiger partial charge in [-0.1, -0.05) is 12.1 Å². The Kier molecular flexibility index (Phi) is 5.49. The van der Waals surface area contributed by atoms with E-state index in [1.54, 1.807) is 10.9 Å². The summed E-state index contributed by atoms with van der Waals surface area (Å²) in [6, 6.07) is 10.1. The monoisotopic (exact) mass is 383 g/mol. The van der Waals surface area contributed by atoms with Crippen LogP contribution in [0.3, 0.4) is 0 Å². The summed E-state index contributed by atoms with van der Waals surface area (Å²) >= 11 is 0. The number of methoxy groups -OCH3 is 2. The SMILES string of the molecule is COc1cc(/C=N\NC(=O)Cn2cnc3ccccc32)c([N+](=O)[O-])cc1OC. The van der Waals surface area contributed by atoms with Gasteiger partial charge in [-0.25, -0.2) is 10.4 Å². The molecule has 2 aromatic carbocycles. The number of nitrogens with one attached hydrogen (secondary N) is 1. The van der Waals surface area contributed by atoms with E-state index in [4.69, 9.17) is 9.47 Å². The number of carbonyl (C=O) groups is 1. The molecule has 0 atom stereocenters. The molecule has 1 heterocycles. The minimum atomic E-state index is -0.567. The molecule has 0 saturated carbocycles. The summed E-state index contributed by atoms with van der Waals surface area (Å²) in [6.07, 6.45) is 2.75. The number of benzene rings is 2. The second-order valence-electron chi connectivity index (χ2n) is 5.68. The Labute approximate surface area is 159 Å². The van der Waals surface area contributed by atoms with E-state index in [1.165, 1.54) is 32.6 Å². The number of nitro groups is 1. The Morgan fingerprint density at radius 3 is 2.71 bits per heavy atom. The lowest BCUT2D eigenvalue weighted by Gasteiger charge is -2.08. The molecule has 0 radical (unpaired) electrons. The van der Waals surface area contributed by atoms with Gasteiger partial charge in [-0.15, -0.1) is 0 Å². The van der Waals surface area contributed by atoms with E-state index in [9.17, 15) is 14.9 Å². The standard InChI is InChI=1S/C18H17N5O5/c1-27-16-7-12(15(23(25)26)8-17(16)28-2)9-20-21-18(24)10-22-11-19-13-5-3-4-6-14(13)22/h3-9,11H,10H2,1-2H3,(H,21,24)/b20-9-. The number of hydrogen-bond acceptors (Lipinski definition) is 7. The fourth-order valence-corrected chi connectivity index (χ4v) is 2.65. The molecule has 0 saturated heterocycles. The molecule has 3 aromatic rings. The molecule has 10 heteroatoms. The highest BCUT2D eigenvalue weighted by molar-refractivity contribution is 5.88. The second-order valence-corrected chi connectivity index (χ2v) is 5.68. The maximum absolute atomic E-state index is 12.1. The number of nitrogens with zero attached hydrogens (tertiary/aromatic N) is 4. The third kappa shape index (κ3) is 3.90. The van der Waals surface area contributed by atoms with Crippen molar-refractivity contribution in [2.45, 2.75) is 6.54 Å². The lowest BCUT2D eigenvalue weighted by atomic mass is 10.1. The summed E-state index contributed by atoms with van der Waals surface area (Å²) in [5.74, 6) is 0.135. The van der Waals surface area contributed by atoms with E-state index in [0.29, 0.717) is 5.75 Å². The van der Waals surface area contributed by atoms with E-state index in [-0.39, 0.29) is 23.5 Å². The van der Waals surface area contributed by atoms with Gasteiger partial charge < -0.3 is 14.0 Å². The van der Waals surface area contributed by atoms with Gasteiger partial charge in [0, 0.05) is 0 Å². The molecule has 10 nitrogen and oxygen atoms in total. The highest BCUT2D eigenvalue weighted by atomic mass is 16.6. The first kappa shape index (κ1) is 18.8. The Bertz CT molecular complexity index is 1060. The normalized spacial score (nSPS) is 10.9. The second kappa shape index (κ2) is 8.16. The molecule has 0 unspecified atom stereocenters. The highest BCUT2D eigenvalue weighted by Crippen LogP contribution is 2.33. The quantitative estimate of drug-likeness (QED) is 0.379. The molecule has 0 aliphatic heterocycles. The van der Waals surface area contributed by atoms with Crippen molar-refractivity contribution >= 4 is 28.8 Å². The summed E-state index contributed by atoms with van der Waals surface area (Å²) in [7, 11) is 2.80. The third-order valence-corrected chi connectivity index (χ3v) is 3.96. The fourth-order valence-electron chi connectivity index (χ4n) is 2.65. The lowest BCUT2D eigenvalue weighted by molar-refractivity contribution is -0.385. The van der Waals surface area contributed by atoms with Crippen LogP contribution in [-0.4, -0.2) is 40.8 Å². The summed E-state index contributed by atoms with van der Waals surface area (Å²) < 4.78 is 11.9. The molecule has 3 rings (SSSR count). The molecule has 0 bridgehead atoms. The predicted molar refractivity (Wildman–Crippen MR) is 102 cm³/mol. The van der Waals surface area contributed by atoms with Crippen LogP contribution in [0.15, 0.2) is 47.8 Å². The van der Waals surface area contributed by atoms with E-state index in [0.717, 1.165) is 11.0 Å². The number of nitro benzene ring substituents is 1. The molecule has 144 valence electrons. The number of fused-ring (bicyclic) bond motifs is 1. The van der Waals surface area contributed by atoms with Crippen LogP contribution >= 0.6 is 0 Å². The third-order valence-electron chi connectivity index (χ3n) is 3.96. The number of rotatable bonds is 7. The zero-order valence-corrected chi connectivity index (χ0v) is 15.2. The first-order valence-corrected chi connectivity index (χ1v) is 8.15. The molecule has 1 amide bonds. The largest absolute Gasteiger partial charge is 0.493 e. The number of amides is 1. The molecule has 1 N–H and O–H groups in total. The van der Waals surface area contributed by atoms with E-state index >= 15 is 0 Å². The van der Waals surface area contributed by atoms with Gasteiger partial charge in [0.1, 0.15) is 6.54 Å². The van der Waals surface area contributed by atoms with E-state index in [2.05, 4.69) is 15.5 Å². The zero-order chi connectivity index (χ0) is 20.1. The minimum Gasteiger partial charge on any atom is -0.493 e. The number of para-hydroxylation sites is 2. The smallest absolute Gasteiger partial charge is 0.282 e. The Balaban J connectivity index is 1.74. The molecule has 0 fully saturated rings. The van der Waals surface area contributed by atoms with Crippen LogP contribution < -0.4 is 14.9 Å². The van der Waals surface area contributed by atoms with Crippen LogP contribution in [0.1, 0.15) is 5.56 Å². The molecule has 0 aliphatic rings. The van der Waals surface area contributed by atoms with Gasteiger partial charge in [0.15, 0.2) is 11.5 Å². The van der Waals surface area contributed by atoms with E-state index in [1.807, 2.05) is 24.3 Å². The van der Waals surface area contributed by atoms with Crippen molar-refractivity contribution in [1.82, 2.24) is 15.0 Å². The van der Waals surface area contributed by atoms with Crippen molar-refractivity contribution in [3.8, 4) is 11.5 Å². The highest BCUT2D eigenvalue weighted by Gasteiger charge is 2.18. The number of carbonyl (C=O) groups excluding carboxylic acids is 1. The van der Waals surface area contributed by atoms with Crippen molar-refractivity contribution in [3.05, 3.63) is 58.4 Å². The molecular weight excluding hydrogens is 366 g/mol. The van der Waals surface area contributed by atoms with Gasteiger partial charge >= 0.3 is 0 Å². The fraction of sp³-hybridized carbons (Fsp3) is 0.167. The van der Waals surface area contributed by atoms with Gasteiger partial charge in [0.05, 0.1) is 54.3 Å². The molecular formula is C18H17N5O5. The van der Waals surface area contributed by atoms with Crippen molar-refractivity contribution < 1.29 is 19.2 Å². The number of hydrazone groups is 1. The van der Waals surface area contributed by atoms with E-state index < -0.39 is 10.8 Å². The zero-order valence-electron chi connectivity index (χ0n) is 15.2. The Hall–Kier alpha value is -3.95. The number of ether oxygens (including phenoxy) is 2. The molecule has 1 aromatic heterocycles. The van der Waals surface area contributed by atoms with Gasteiger partial charge in [-0.2, -0.15) is 5.10 Å². The minimum absolute atomic E-state index is 0.00583. The average Bonchev–Trinajstić information content (AvgIpc) is 3.10. The molecule has 28 heavy (non-hydrogen) atoms. The Morgan fingerprint density at radius 2 is 2.00 bits per heavy atom. The number of hydrogen-bond donors (Lipinski definition) is 1. The van der Waals surface area contributed by atoms with Crippen LogP contribution in [-0.2, 0) is 11.3 Å². The maximum Gasteiger partial charge on any atom is 0.282 e. The van der Waals surface area contributed by atoms with Crippen LogP contribution in [0, 0.1) is 10.1 Å². The van der Waals surface area contributed by atoms with Crippen LogP contribution in [0.5, 0.6) is 11.5 Å². The van der Waals surface area contributed by atoms with Gasteiger partial charge in [0.2, 0.25) is 0 Å². The van der Waals surface area contributed by atoms with Gasteiger partial charge in [-0.05, 0) is 18.2 Å². The summed E-state index contributed by atoms with van der Waals surface area (Å²) in [5.41, 5.74) is 3.89. The topological polar surface area (TPSA) is 121 Å². The molecule has 0 spiro atoms. The first-order chi connectivity index (χ1) is 13.5. The van der Waals surface area contributed by atoms with Gasteiger partial charge in [0.25, 0.3) is 11.6 Å². The number of aromatic nitrogens is 2. The van der Waals surface area contributed by atoms with Crippen molar-refractivity contribution in [3.63, 3.8) is 0 Å². The lowest BCUT2D eigenvalue weighted by Crippen LogP contribution is -2.22. The number of imidazole rings is 1. The summed E-state index contributed by atoms with van der Waals surface area (Å²) in [6.45, 7) is 0.00583. The van der Waals surface area contributed by atoms with Crippen molar-refractivity contribution in [1.29, 1.82) is 0 Å². The van der Waals surface area contributed by atoms with Crippen molar-refractivity contribution in [2.24, 2.45) is 5.10 Å². The van der Waals surface area contributed by atoms with Crippen LogP contribution in [0.25, 0.3) is 11.0 Å². The average molecular weight is 383 g/mol. The Morgan fingerprint density at radius 1 is 1.29 bits per heavy atom. The first-order valence-electron chi connectivity index (χ1n) is 8.15. The summed E-state index contributed by atoms with van der Waals surface area (Å²) in [4.78, 5) is 27.1. The summed E-state index contributed by atoms with van der Waals surface area (Å²) in [5, 5.41) is 15.1.